The molecule has 102 valence electrons. The van der Waals surface area contributed by atoms with Crippen LogP contribution in [0.1, 0.15) is 26.3 Å². The van der Waals surface area contributed by atoms with Crippen molar-refractivity contribution in [2.45, 2.75) is 38.8 Å². The molecule has 18 heavy (non-hydrogen) atoms. The second-order valence-electron chi connectivity index (χ2n) is 5.17. The van der Waals surface area contributed by atoms with Crippen molar-refractivity contribution in [3.05, 3.63) is 28.8 Å². The van der Waals surface area contributed by atoms with Crippen LogP contribution in [0.15, 0.2) is 18.2 Å². The van der Waals surface area contributed by atoms with Crippen LogP contribution in [0.25, 0.3) is 0 Å². The molecule has 1 rings (SSSR count). The van der Waals surface area contributed by atoms with Crippen LogP contribution in [0.4, 0.5) is 0 Å². The highest BCUT2D eigenvalue weighted by molar-refractivity contribution is 6.30. The van der Waals surface area contributed by atoms with Crippen molar-refractivity contribution in [2.24, 2.45) is 0 Å². The number of nitrogens with one attached hydrogen (secondary N) is 1. The molecule has 1 aromatic rings. The van der Waals surface area contributed by atoms with Gasteiger partial charge in [-0.3, -0.25) is 0 Å². The topological polar surface area (TPSA) is 41.5 Å². The first-order valence-corrected chi connectivity index (χ1v) is 6.50. The molecular formula is C14H22ClNO2. The molecule has 4 heteroatoms. The summed E-state index contributed by atoms with van der Waals surface area (Å²) in [6.45, 7) is 6.44. The molecule has 0 aromatic heterocycles. The van der Waals surface area contributed by atoms with E-state index in [1.165, 1.54) is 0 Å². The lowest BCUT2D eigenvalue weighted by molar-refractivity contribution is 0.0575. The quantitative estimate of drug-likeness (QED) is 0.836. The van der Waals surface area contributed by atoms with Gasteiger partial charge in [0.1, 0.15) is 5.75 Å². The standard InChI is InChI=1S/C14H22ClNO2/c1-10(2)16-9-14(3,17)8-11-7-12(15)5-6-13(11)18-4/h5-7,10,16-17H,8-9H2,1-4H3. The number of hydrogen-bond acceptors (Lipinski definition) is 3. The van der Waals surface area contributed by atoms with Gasteiger partial charge in [0.05, 0.1) is 12.7 Å². The Balaban J connectivity index is 2.79. The van der Waals surface area contributed by atoms with E-state index in [2.05, 4.69) is 19.2 Å². The number of rotatable bonds is 6. The lowest BCUT2D eigenvalue weighted by Gasteiger charge is -2.26. The van der Waals surface area contributed by atoms with Gasteiger partial charge in [-0.25, -0.2) is 0 Å². The molecule has 0 aliphatic carbocycles. The molecular weight excluding hydrogens is 250 g/mol. The van der Waals surface area contributed by atoms with Crippen LogP contribution in [0.2, 0.25) is 5.02 Å². The zero-order chi connectivity index (χ0) is 13.8. The Kier molecular flexibility index (Phi) is 5.45. The zero-order valence-electron chi connectivity index (χ0n) is 11.5. The molecule has 0 aliphatic rings. The molecule has 0 heterocycles. The SMILES string of the molecule is COc1ccc(Cl)cc1CC(C)(O)CNC(C)C. The first-order valence-electron chi connectivity index (χ1n) is 6.12. The van der Waals surface area contributed by atoms with Gasteiger partial charge in [-0.05, 0) is 30.7 Å². The maximum Gasteiger partial charge on any atom is 0.122 e. The summed E-state index contributed by atoms with van der Waals surface area (Å²) in [6.07, 6.45) is 0.496. The fraction of sp³-hybridized carbons (Fsp3) is 0.571. The minimum absolute atomic E-state index is 0.345. The Morgan fingerprint density at radius 2 is 2.11 bits per heavy atom. The van der Waals surface area contributed by atoms with Gasteiger partial charge in [0.15, 0.2) is 0 Å². The largest absolute Gasteiger partial charge is 0.496 e. The van der Waals surface area contributed by atoms with Gasteiger partial charge in [-0.1, -0.05) is 25.4 Å². The predicted octanol–water partition coefficient (Wildman–Crippen LogP) is 2.64. The molecule has 0 spiro atoms. The van der Waals surface area contributed by atoms with E-state index in [0.29, 0.717) is 24.0 Å². The highest BCUT2D eigenvalue weighted by Crippen LogP contribution is 2.26. The van der Waals surface area contributed by atoms with Crippen molar-refractivity contribution < 1.29 is 9.84 Å². The van der Waals surface area contributed by atoms with Gasteiger partial charge in [0.2, 0.25) is 0 Å². The predicted molar refractivity (Wildman–Crippen MR) is 75.5 cm³/mol. The van der Waals surface area contributed by atoms with E-state index in [-0.39, 0.29) is 0 Å². The molecule has 2 N–H and O–H groups in total. The van der Waals surface area contributed by atoms with Crippen molar-refractivity contribution >= 4 is 11.6 Å². The Labute approximate surface area is 114 Å². The van der Waals surface area contributed by atoms with Gasteiger partial charge in [-0.15, -0.1) is 0 Å². The minimum atomic E-state index is -0.831. The molecule has 0 amide bonds. The molecule has 3 nitrogen and oxygen atoms in total. The zero-order valence-corrected chi connectivity index (χ0v) is 12.2. The van der Waals surface area contributed by atoms with Crippen LogP contribution in [0.3, 0.4) is 0 Å². The first kappa shape index (κ1) is 15.3. The summed E-state index contributed by atoms with van der Waals surface area (Å²) in [5.41, 5.74) is 0.0861. The number of hydrogen-bond donors (Lipinski definition) is 2. The summed E-state index contributed by atoms with van der Waals surface area (Å²) >= 11 is 5.98. The third-order valence-electron chi connectivity index (χ3n) is 2.70. The van der Waals surface area contributed by atoms with Crippen LogP contribution in [0.5, 0.6) is 5.75 Å². The van der Waals surface area contributed by atoms with E-state index in [4.69, 9.17) is 16.3 Å². The van der Waals surface area contributed by atoms with Gasteiger partial charge < -0.3 is 15.2 Å². The van der Waals surface area contributed by atoms with Crippen molar-refractivity contribution in [3.63, 3.8) is 0 Å². The average Bonchev–Trinajstić information content (AvgIpc) is 2.26. The average molecular weight is 272 g/mol. The molecule has 0 radical (unpaired) electrons. The van der Waals surface area contributed by atoms with Gasteiger partial charge >= 0.3 is 0 Å². The summed E-state index contributed by atoms with van der Waals surface area (Å²) in [5.74, 6) is 0.754. The fourth-order valence-electron chi connectivity index (χ4n) is 1.78. The third-order valence-corrected chi connectivity index (χ3v) is 2.94. The molecule has 1 atom stereocenters. The van der Waals surface area contributed by atoms with Crippen LogP contribution in [-0.4, -0.2) is 30.4 Å². The Morgan fingerprint density at radius 3 is 2.67 bits per heavy atom. The molecule has 1 unspecified atom stereocenters. The molecule has 0 fully saturated rings. The first-order chi connectivity index (χ1) is 8.34. The normalized spacial score (nSPS) is 14.6. The van der Waals surface area contributed by atoms with E-state index in [9.17, 15) is 5.11 Å². The molecule has 0 aliphatic heterocycles. The highest BCUT2D eigenvalue weighted by Gasteiger charge is 2.23. The maximum atomic E-state index is 10.4. The van der Waals surface area contributed by atoms with Crippen LogP contribution in [0, 0.1) is 0 Å². The van der Waals surface area contributed by atoms with Crippen molar-refractivity contribution in [3.8, 4) is 5.75 Å². The van der Waals surface area contributed by atoms with Gasteiger partial charge in [-0.2, -0.15) is 0 Å². The number of aliphatic hydroxyl groups is 1. The molecule has 0 saturated carbocycles. The summed E-state index contributed by atoms with van der Waals surface area (Å²) in [5, 5.41) is 14.3. The van der Waals surface area contributed by atoms with Gasteiger partial charge in [0, 0.05) is 24.0 Å². The smallest absolute Gasteiger partial charge is 0.122 e. The number of methoxy groups -OCH3 is 1. The monoisotopic (exact) mass is 271 g/mol. The fourth-order valence-corrected chi connectivity index (χ4v) is 1.98. The Hall–Kier alpha value is -0.770. The Morgan fingerprint density at radius 1 is 1.44 bits per heavy atom. The second kappa shape index (κ2) is 6.41. The van der Waals surface area contributed by atoms with E-state index in [1.54, 1.807) is 13.2 Å². The van der Waals surface area contributed by atoms with Crippen LogP contribution >= 0.6 is 11.6 Å². The lowest BCUT2D eigenvalue weighted by atomic mass is 9.95. The summed E-state index contributed by atoms with van der Waals surface area (Å²) in [7, 11) is 1.62. The van der Waals surface area contributed by atoms with Crippen LogP contribution in [-0.2, 0) is 6.42 Å². The lowest BCUT2D eigenvalue weighted by Crippen LogP contribution is -2.42. The Bertz CT molecular complexity index is 391. The van der Waals surface area contributed by atoms with Crippen molar-refractivity contribution in [1.82, 2.24) is 5.32 Å². The van der Waals surface area contributed by atoms with E-state index in [0.717, 1.165) is 11.3 Å². The third kappa shape index (κ3) is 4.84. The van der Waals surface area contributed by atoms with Crippen molar-refractivity contribution in [1.29, 1.82) is 0 Å². The van der Waals surface area contributed by atoms with Crippen molar-refractivity contribution in [2.75, 3.05) is 13.7 Å². The number of halogens is 1. The summed E-state index contributed by atoms with van der Waals surface area (Å²) in [4.78, 5) is 0. The van der Waals surface area contributed by atoms with E-state index >= 15 is 0 Å². The number of ether oxygens (including phenoxy) is 1. The summed E-state index contributed by atoms with van der Waals surface area (Å²) < 4.78 is 5.28. The van der Waals surface area contributed by atoms with Gasteiger partial charge in [0.25, 0.3) is 0 Å². The molecule has 0 saturated heterocycles. The molecule has 1 aromatic carbocycles. The summed E-state index contributed by atoms with van der Waals surface area (Å²) in [6, 6.07) is 5.79. The van der Waals surface area contributed by atoms with E-state index in [1.807, 2.05) is 19.1 Å². The number of benzene rings is 1. The van der Waals surface area contributed by atoms with E-state index < -0.39 is 5.60 Å². The maximum absolute atomic E-state index is 10.4. The second-order valence-corrected chi connectivity index (χ2v) is 5.60. The minimum Gasteiger partial charge on any atom is -0.496 e. The molecule has 0 bridgehead atoms. The highest BCUT2D eigenvalue weighted by atomic mass is 35.5. The van der Waals surface area contributed by atoms with Crippen LogP contribution < -0.4 is 10.1 Å².